The fraction of sp³-hybridized carbons (Fsp3) is 0.950. The van der Waals surface area contributed by atoms with Crippen molar-refractivity contribution >= 4 is 5.71 Å². The zero-order chi connectivity index (χ0) is 16.5. The van der Waals surface area contributed by atoms with Gasteiger partial charge < -0.3 is 9.57 Å². The molecule has 4 rings (SSSR count). The highest BCUT2D eigenvalue weighted by Gasteiger charge is 2.60. The first-order valence-electron chi connectivity index (χ1n) is 9.61. The van der Waals surface area contributed by atoms with Gasteiger partial charge in [-0.05, 0) is 82.5 Å². The molecule has 3 aliphatic carbocycles. The topological polar surface area (TPSA) is 30.8 Å². The summed E-state index contributed by atoms with van der Waals surface area (Å²) in [6, 6.07) is 0. The van der Waals surface area contributed by atoms with Gasteiger partial charge in [0.2, 0.25) is 0 Å². The SMILES string of the molecule is CC(C)(C)OC1CCC2C3CCC4=NOC[C@]4(C)C3CC[C@]12C. The number of hydrogen-bond donors (Lipinski definition) is 0. The maximum Gasteiger partial charge on any atom is 0.128 e. The summed E-state index contributed by atoms with van der Waals surface area (Å²) < 4.78 is 6.51. The lowest BCUT2D eigenvalue weighted by Crippen LogP contribution is -2.53. The Kier molecular flexibility index (Phi) is 3.44. The highest BCUT2D eigenvalue weighted by atomic mass is 16.6. The van der Waals surface area contributed by atoms with E-state index in [1.165, 1.54) is 37.8 Å². The molecule has 0 radical (unpaired) electrons. The van der Waals surface area contributed by atoms with Crippen molar-refractivity contribution in [1.82, 2.24) is 0 Å². The van der Waals surface area contributed by atoms with Crippen LogP contribution in [0.1, 0.15) is 73.1 Å². The highest BCUT2D eigenvalue weighted by molar-refractivity contribution is 5.91. The van der Waals surface area contributed by atoms with Crippen LogP contribution in [0.4, 0.5) is 0 Å². The van der Waals surface area contributed by atoms with E-state index in [0.717, 1.165) is 30.8 Å². The van der Waals surface area contributed by atoms with Gasteiger partial charge in [-0.15, -0.1) is 0 Å². The van der Waals surface area contributed by atoms with Gasteiger partial charge in [0.25, 0.3) is 0 Å². The number of rotatable bonds is 1. The molecule has 0 spiro atoms. The van der Waals surface area contributed by atoms with Gasteiger partial charge >= 0.3 is 0 Å². The quantitative estimate of drug-likeness (QED) is 0.695. The van der Waals surface area contributed by atoms with Crippen LogP contribution in [-0.2, 0) is 9.57 Å². The van der Waals surface area contributed by atoms with Crippen LogP contribution in [-0.4, -0.2) is 24.0 Å². The first-order chi connectivity index (χ1) is 10.7. The molecule has 4 aliphatic rings. The monoisotopic (exact) mass is 319 g/mol. The van der Waals surface area contributed by atoms with Crippen LogP contribution < -0.4 is 0 Å². The van der Waals surface area contributed by atoms with Crippen molar-refractivity contribution < 1.29 is 9.57 Å². The highest BCUT2D eigenvalue weighted by Crippen LogP contribution is 2.63. The molecule has 0 N–H and O–H groups in total. The fourth-order valence-corrected chi connectivity index (χ4v) is 6.44. The van der Waals surface area contributed by atoms with Crippen LogP contribution in [0, 0.1) is 28.6 Å². The number of nitrogens with zero attached hydrogens (tertiary/aromatic N) is 1. The van der Waals surface area contributed by atoms with E-state index in [-0.39, 0.29) is 11.0 Å². The molecule has 0 saturated heterocycles. The maximum atomic E-state index is 6.51. The number of hydrogen-bond acceptors (Lipinski definition) is 3. The van der Waals surface area contributed by atoms with Crippen LogP contribution in [0.5, 0.6) is 0 Å². The summed E-state index contributed by atoms with van der Waals surface area (Å²) in [5, 5.41) is 4.38. The Bertz CT molecular complexity index is 522. The fourth-order valence-electron chi connectivity index (χ4n) is 6.44. The van der Waals surface area contributed by atoms with Crippen molar-refractivity contribution in [2.24, 2.45) is 33.7 Å². The van der Waals surface area contributed by atoms with E-state index >= 15 is 0 Å². The molecule has 0 aromatic carbocycles. The second-order valence-electron chi connectivity index (χ2n) is 9.99. The Balaban J connectivity index is 1.59. The van der Waals surface area contributed by atoms with Gasteiger partial charge in [-0.1, -0.05) is 19.0 Å². The Morgan fingerprint density at radius 1 is 1.09 bits per heavy atom. The summed E-state index contributed by atoms with van der Waals surface area (Å²) in [7, 11) is 0. The van der Waals surface area contributed by atoms with E-state index in [4.69, 9.17) is 9.57 Å². The number of ether oxygens (including phenoxy) is 1. The summed E-state index contributed by atoms with van der Waals surface area (Å²) in [5.74, 6) is 2.43. The Hall–Kier alpha value is -0.570. The van der Waals surface area contributed by atoms with Gasteiger partial charge in [-0.2, -0.15) is 0 Å². The van der Waals surface area contributed by atoms with Gasteiger partial charge in [0, 0.05) is 5.41 Å². The van der Waals surface area contributed by atoms with Gasteiger partial charge in [-0.25, -0.2) is 0 Å². The molecule has 4 unspecified atom stereocenters. The van der Waals surface area contributed by atoms with E-state index in [1.54, 1.807) is 0 Å². The molecule has 3 heteroatoms. The zero-order valence-electron chi connectivity index (χ0n) is 15.5. The molecule has 0 amide bonds. The smallest absolute Gasteiger partial charge is 0.128 e. The van der Waals surface area contributed by atoms with Gasteiger partial charge in [0.1, 0.15) is 6.61 Å². The van der Waals surface area contributed by atoms with E-state index in [0.29, 0.717) is 11.5 Å². The molecular weight excluding hydrogens is 286 g/mol. The predicted molar refractivity (Wildman–Crippen MR) is 92.4 cm³/mol. The number of oxime groups is 1. The molecule has 0 aromatic rings. The summed E-state index contributed by atoms with van der Waals surface area (Å²) in [4.78, 5) is 5.53. The van der Waals surface area contributed by atoms with Crippen molar-refractivity contribution in [2.45, 2.75) is 84.8 Å². The Morgan fingerprint density at radius 3 is 2.61 bits per heavy atom. The molecule has 130 valence electrons. The predicted octanol–water partition coefficient (Wildman–Crippen LogP) is 4.80. The lowest BCUT2D eigenvalue weighted by Gasteiger charge is -2.55. The van der Waals surface area contributed by atoms with E-state index in [2.05, 4.69) is 39.8 Å². The van der Waals surface area contributed by atoms with Crippen LogP contribution in [0.25, 0.3) is 0 Å². The van der Waals surface area contributed by atoms with Crippen molar-refractivity contribution in [2.75, 3.05) is 6.61 Å². The van der Waals surface area contributed by atoms with Crippen molar-refractivity contribution in [3.63, 3.8) is 0 Å². The van der Waals surface area contributed by atoms with Gasteiger partial charge in [0.05, 0.1) is 17.4 Å². The third-order valence-electron chi connectivity index (χ3n) is 7.58. The largest absolute Gasteiger partial charge is 0.395 e. The van der Waals surface area contributed by atoms with Gasteiger partial charge in [0.15, 0.2) is 0 Å². The molecule has 6 atom stereocenters. The van der Waals surface area contributed by atoms with Crippen molar-refractivity contribution in [1.29, 1.82) is 0 Å². The lowest BCUT2D eigenvalue weighted by atomic mass is 9.50. The minimum absolute atomic E-state index is 0.0307. The molecule has 0 aromatic heterocycles. The number of fused-ring (bicyclic) bond motifs is 5. The standard InChI is InChI=1S/C20H33NO2/c1-18(2,3)23-17-9-7-14-13-6-8-16-20(5,12-22-21-16)15(13)10-11-19(14,17)4/h13-15,17H,6-12H2,1-5H3/t13?,14?,15?,17?,19-,20+/m0/s1. The van der Waals surface area contributed by atoms with E-state index < -0.39 is 0 Å². The van der Waals surface area contributed by atoms with Crippen LogP contribution in [0.3, 0.4) is 0 Å². The minimum Gasteiger partial charge on any atom is -0.395 e. The molecule has 1 heterocycles. The molecule has 3 saturated carbocycles. The van der Waals surface area contributed by atoms with E-state index in [1.807, 2.05) is 0 Å². The first-order valence-corrected chi connectivity index (χ1v) is 9.61. The summed E-state index contributed by atoms with van der Waals surface area (Å²) in [6.07, 6.45) is 8.12. The third-order valence-corrected chi connectivity index (χ3v) is 7.58. The first kappa shape index (κ1) is 15.9. The zero-order valence-corrected chi connectivity index (χ0v) is 15.5. The molecular formula is C20H33NO2. The van der Waals surface area contributed by atoms with Gasteiger partial charge in [-0.3, -0.25) is 0 Å². The average Bonchev–Trinajstić information content (AvgIpc) is 2.98. The Labute approximate surface area is 141 Å². The third kappa shape index (κ3) is 2.29. The molecule has 3 fully saturated rings. The summed E-state index contributed by atoms with van der Waals surface area (Å²) >= 11 is 0. The second-order valence-corrected chi connectivity index (χ2v) is 9.99. The Morgan fingerprint density at radius 2 is 1.87 bits per heavy atom. The molecule has 23 heavy (non-hydrogen) atoms. The summed E-state index contributed by atoms with van der Waals surface area (Å²) in [6.45, 7) is 12.4. The van der Waals surface area contributed by atoms with Crippen LogP contribution in [0.15, 0.2) is 5.16 Å². The van der Waals surface area contributed by atoms with E-state index in [9.17, 15) is 0 Å². The second kappa shape index (κ2) is 4.97. The maximum absolute atomic E-state index is 6.51. The summed E-state index contributed by atoms with van der Waals surface area (Å²) in [5.41, 5.74) is 1.91. The molecule has 3 nitrogen and oxygen atoms in total. The molecule has 1 aliphatic heterocycles. The normalized spacial score (nSPS) is 49.0. The molecule has 0 bridgehead atoms. The van der Waals surface area contributed by atoms with Crippen LogP contribution >= 0.6 is 0 Å². The lowest BCUT2D eigenvalue weighted by molar-refractivity contribution is -0.136. The average molecular weight is 319 g/mol. The van der Waals surface area contributed by atoms with Crippen molar-refractivity contribution in [3.05, 3.63) is 0 Å². The van der Waals surface area contributed by atoms with Crippen molar-refractivity contribution in [3.8, 4) is 0 Å². The minimum atomic E-state index is -0.0307. The van der Waals surface area contributed by atoms with Crippen LogP contribution in [0.2, 0.25) is 0 Å².